The Morgan fingerprint density at radius 1 is 1.27 bits per heavy atom. The minimum Gasteiger partial charge on any atom is -0.335 e. The maximum Gasteiger partial charge on any atom is 0.269 e. The highest BCUT2D eigenvalue weighted by Gasteiger charge is 2.23. The largest absolute Gasteiger partial charge is 0.335 e. The van der Waals surface area contributed by atoms with Crippen LogP contribution in [0.4, 0.5) is 5.69 Å². The molecule has 2 N–H and O–H groups in total. The number of halogens is 1. The van der Waals surface area contributed by atoms with Crippen molar-refractivity contribution in [2.75, 3.05) is 7.05 Å². The summed E-state index contributed by atoms with van der Waals surface area (Å²) in [5.74, 6) is -0.481. The molecule has 1 amide bonds. The second kappa shape index (κ2) is 7.40. The van der Waals surface area contributed by atoms with Gasteiger partial charge in [0.1, 0.15) is 4.90 Å². The number of hydrogen-bond acceptors (Lipinski definition) is 5. The number of primary sulfonamides is 1. The number of nitrogens with zero attached hydrogens (tertiary/aromatic N) is 2. The molecule has 0 saturated heterocycles. The first-order chi connectivity index (χ1) is 12.0. The minimum atomic E-state index is -4.08. The van der Waals surface area contributed by atoms with Crippen molar-refractivity contribution in [2.24, 2.45) is 5.14 Å². The topological polar surface area (TPSA) is 124 Å². The monoisotopic (exact) mass is 397 g/mol. The number of carbonyl (C=O) groups is 1. The number of nitro groups is 1. The van der Waals surface area contributed by atoms with Crippen molar-refractivity contribution in [1.82, 2.24) is 4.90 Å². The summed E-state index contributed by atoms with van der Waals surface area (Å²) < 4.78 is 23.1. The number of hydrogen-bond donors (Lipinski definition) is 1. The maximum absolute atomic E-state index is 12.7. The van der Waals surface area contributed by atoms with E-state index in [4.69, 9.17) is 16.7 Å². The summed E-state index contributed by atoms with van der Waals surface area (Å²) in [7, 11) is -2.57. The lowest BCUT2D eigenvalue weighted by atomic mass is 10.1. The van der Waals surface area contributed by atoms with Crippen molar-refractivity contribution in [3.8, 4) is 0 Å². The van der Waals surface area contributed by atoms with Gasteiger partial charge in [-0.05, 0) is 30.7 Å². The second-order valence-corrected chi connectivity index (χ2v) is 7.57. The fourth-order valence-corrected chi connectivity index (χ4v) is 3.43. The van der Waals surface area contributed by atoms with Gasteiger partial charge in [-0.15, -0.1) is 0 Å². The molecule has 2 aromatic rings. The Kier molecular flexibility index (Phi) is 5.65. The van der Waals surface area contributed by atoms with Crippen LogP contribution in [0.15, 0.2) is 47.4 Å². The Morgan fingerprint density at radius 2 is 1.92 bits per heavy atom. The second-order valence-electron chi connectivity index (χ2n) is 5.63. The number of benzene rings is 2. The highest BCUT2D eigenvalue weighted by atomic mass is 35.5. The molecule has 138 valence electrons. The summed E-state index contributed by atoms with van der Waals surface area (Å²) in [5.41, 5.74) is 0.562. The van der Waals surface area contributed by atoms with E-state index in [2.05, 4.69) is 0 Å². The van der Waals surface area contributed by atoms with Gasteiger partial charge in [-0.2, -0.15) is 0 Å². The van der Waals surface area contributed by atoms with Crippen LogP contribution in [0.5, 0.6) is 0 Å². The van der Waals surface area contributed by atoms with Gasteiger partial charge >= 0.3 is 0 Å². The molecule has 10 heteroatoms. The SMILES string of the molecule is C[C@H](c1cccc([N+](=O)[O-])c1)N(C)C(=O)c1ccc(Cl)c(S(N)(=O)=O)c1. The normalized spacial score (nSPS) is 12.5. The smallest absolute Gasteiger partial charge is 0.269 e. The van der Waals surface area contributed by atoms with Crippen LogP contribution in [-0.2, 0) is 10.0 Å². The third kappa shape index (κ3) is 4.18. The summed E-state index contributed by atoms with van der Waals surface area (Å²) in [6, 6.07) is 9.22. The van der Waals surface area contributed by atoms with Crippen molar-refractivity contribution < 1.29 is 18.1 Å². The van der Waals surface area contributed by atoms with E-state index in [0.717, 1.165) is 6.07 Å². The highest BCUT2D eigenvalue weighted by Crippen LogP contribution is 2.26. The molecule has 0 bridgehead atoms. The van der Waals surface area contributed by atoms with E-state index in [0.29, 0.717) is 5.56 Å². The quantitative estimate of drug-likeness (QED) is 0.613. The Hall–Kier alpha value is -2.49. The fourth-order valence-electron chi connectivity index (χ4n) is 2.36. The lowest BCUT2D eigenvalue weighted by Crippen LogP contribution is -2.30. The maximum atomic E-state index is 12.7. The Balaban J connectivity index is 2.35. The molecular weight excluding hydrogens is 382 g/mol. The lowest BCUT2D eigenvalue weighted by molar-refractivity contribution is -0.384. The molecule has 0 aliphatic heterocycles. The standard InChI is InChI=1S/C16H16ClN3O5S/c1-10(11-4-3-5-13(8-11)20(22)23)19(2)16(21)12-6-7-14(17)15(9-12)26(18,24)25/h3-10H,1-2H3,(H2,18,24,25)/t10-/m1/s1. The molecule has 0 aliphatic rings. The summed E-state index contributed by atoms with van der Waals surface area (Å²) in [4.78, 5) is 24.1. The Labute approximate surface area is 155 Å². The minimum absolute atomic E-state index is 0.0817. The molecule has 2 aromatic carbocycles. The molecule has 0 spiro atoms. The molecule has 1 atom stereocenters. The Bertz CT molecular complexity index is 978. The zero-order valence-electron chi connectivity index (χ0n) is 13.9. The molecule has 0 saturated carbocycles. The van der Waals surface area contributed by atoms with Gasteiger partial charge in [0.2, 0.25) is 10.0 Å². The molecule has 0 aromatic heterocycles. The van der Waals surface area contributed by atoms with Gasteiger partial charge in [-0.3, -0.25) is 14.9 Å². The van der Waals surface area contributed by atoms with Crippen LogP contribution in [0.2, 0.25) is 5.02 Å². The van der Waals surface area contributed by atoms with Gasteiger partial charge in [-0.1, -0.05) is 23.7 Å². The number of carbonyl (C=O) groups excluding carboxylic acids is 1. The number of amides is 1. The van der Waals surface area contributed by atoms with Crippen molar-refractivity contribution in [2.45, 2.75) is 17.9 Å². The van der Waals surface area contributed by atoms with Gasteiger partial charge in [0.15, 0.2) is 0 Å². The average Bonchev–Trinajstić information content (AvgIpc) is 2.59. The highest BCUT2D eigenvalue weighted by molar-refractivity contribution is 7.89. The van der Waals surface area contributed by atoms with Crippen LogP contribution in [0.25, 0.3) is 0 Å². The molecular formula is C16H16ClN3O5S. The Morgan fingerprint density at radius 3 is 2.50 bits per heavy atom. The van der Waals surface area contributed by atoms with E-state index in [1.807, 2.05) is 0 Å². The summed E-state index contributed by atoms with van der Waals surface area (Å²) in [5, 5.41) is 15.9. The first-order valence-corrected chi connectivity index (χ1v) is 9.28. The van der Waals surface area contributed by atoms with Gasteiger partial charge in [0, 0.05) is 24.7 Å². The van der Waals surface area contributed by atoms with Crippen molar-refractivity contribution in [3.05, 3.63) is 68.7 Å². The third-order valence-corrected chi connectivity index (χ3v) is 5.34. The van der Waals surface area contributed by atoms with Crippen LogP contribution < -0.4 is 5.14 Å². The molecule has 2 rings (SSSR count). The summed E-state index contributed by atoms with van der Waals surface area (Å²) in [6.07, 6.45) is 0. The van der Waals surface area contributed by atoms with Gasteiger partial charge in [-0.25, -0.2) is 13.6 Å². The van der Waals surface area contributed by atoms with Gasteiger partial charge < -0.3 is 4.90 Å². The van der Waals surface area contributed by atoms with E-state index in [-0.39, 0.29) is 21.2 Å². The van der Waals surface area contributed by atoms with E-state index in [9.17, 15) is 23.3 Å². The van der Waals surface area contributed by atoms with Gasteiger partial charge in [0.25, 0.3) is 11.6 Å². The van der Waals surface area contributed by atoms with E-state index >= 15 is 0 Å². The van der Waals surface area contributed by atoms with Crippen molar-refractivity contribution in [1.29, 1.82) is 0 Å². The zero-order chi connectivity index (χ0) is 19.6. The predicted octanol–water partition coefficient (Wildman–Crippen LogP) is 2.73. The first-order valence-electron chi connectivity index (χ1n) is 7.36. The molecule has 0 radical (unpaired) electrons. The van der Waals surface area contributed by atoms with Gasteiger partial charge in [0.05, 0.1) is 16.0 Å². The van der Waals surface area contributed by atoms with Crippen LogP contribution in [-0.4, -0.2) is 31.2 Å². The molecule has 0 heterocycles. The van der Waals surface area contributed by atoms with Crippen LogP contribution in [0.3, 0.4) is 0 Å². The van der Waals surface area contributed by atoms with Crippen molar-refractivity contribution in [3.63, 3.8) is 0 Å². The number of non-ortho nitro benzene ring substituents is 1. The zero-order valence-corrected chi connectivity index (χ0v) is 15.5. The number of sulfonamides is 1. The summed E-state index contributed by atoms with van der Waals surface area (Å²) >= 11 is 5.82. The van der Waals surface area contributed by atoms with Crippen molar-refractivity contribution >= 4 is 33.2 Å². The number of nitro benzene ring substituents is 1. The molecule has 0 fully saturated rings. The third-order valence-electron chi connectivity index (χ3n) is 3.95. The van der Waals surface area contributed by atoms with E-state index < -0.39 is 26.9 Å². The lowest BCUT2D eigenvalue weighted by Gasteiger charge is -2.25. The predicted molar refractivity (Wildman–Crippen MR) is 96.4 cm³/mol. The van der Waals surface area contributed by atoms with E-state index in [1.54, 1.807) is 13.0 Å². The summed E-state index contributed by atoms with van der Waals surface area (Å²) in [6.45, 7) is 1.70. The number of nitrogens with two attached hydrogens (primary N) is 1. The van der Waals surface area contributed by atoms with E-state index in [1.165, 1.54) is 42.3 Å². The first kappa shape index (κ1) is 19.8. The average molecular weight is 398 g/mol. The number of rotatable bonds is 5. The molecule has 0 aliphatic carbocycles. The van der Waals surface area contributed by atoms with Crippen LogP contribution in [0, 0.1) is 10.1 Å². The molecule has 26 heavy (non-hydrogen) atoms. The molecule has 8 nitrogen and oxygen atoms in total. The van der Waals surface area contributed by atoms with Crippen LogP contribution >= 0.6 is 11.6 Å². The van der Waals surface area contributed by atoms with Crippen LogP contribution in [0.1, 0.15) is 28.9 Å². The molecule has 0 unspecified atom stereocenters. The fraction of sp³-hybridized carbons (Fsp3) is 0.188.